The highest BCUT2D eigenvalue weighted by Crippen LogP contribution is 2.36. The summed E-state index contributed by atoms with van der Waals surface area (Å²) in [5, 5.41) is 18.4. The van der Waals surface area contributed by atoms with Crippen LogP contribution in [-0.4, -0.2) is 40.2 Å². The van der Waals surface area contributed by atoms with Gasteiger partial charge in [0.2, 0.25) is 0 Å². The number of hydrogen-bond donors (Lipinski definition) is 3. The van der Waals surface area contributed by atoms with Gasteiger partial charge in [-0.15, -0.1) is 0 Å². The lowest BCUT2D eigenvalue weighted by molar-refractivity contribution is -0.0439. The van der Waals surface area contributed by atoms with Crippen LogP contribution in [0.25, 0.3) is 0 Å². The van der Waals surface area contributed by atoms with Crippen molar-refractivity contribution in [2.45, 2.75) is 6.10 Å². The van der Waals surface area contributed by atoms with Crippen LogP contribution in [-0.2, 0) is 4.84 Å². The fourth-order valence-electron chi connectivity index (χ4n) is 1.58. The van der Waals surface area contributed by atoms with Crippen LogP contribution in [0.1, 0.15) is 10.4 Å². The summed E-state index contributed by atoms with van der Waals surface area (Å²) in [6.07, 6.45) is -0.163. The van der Waals surface area contributed by atoms with Crippen LogP contribution in [0.3, 0.4) is 0 Å². The lowest BCUT2D eigenvalue weighted by Gasteiger charge is -2.37. The number of phenols is 2. The molecule has 1 aromatic carbocycles. The molecule has 0 bridgehead atoms. The first-order valence-corrected chi connectivity index (χ1v) is 5.27. The van der Waals surface area contributed by atoms with Gasteiger partial charge in [-0.3, -0.25) is 9.63 Å². The van der Waals surface area contributed by atoms with E-state index in [1.807, 2.05) is 0 Å². The Balaban J connectivity index is 2.18. The van der Waals surface area contributed by atoms with Gasteiger partial charge < -0.3 is 15.1 Å². The number of halogens is 1. The van der Waals surface area contributed by atoms with E-state index in [1.54, 1.807) is 0 Å². The third-order valence-electron chi connectivity index (χ3n) is 2.65. The first-order chi connectivity index (χ1) is 8.04. The van der Waals surface area contributed by atoms with Crippen molar-refractivity contribution in [1.82, 2.24) is 4.90 Å². The van der Waals surface area contributed by atoms with Crippen molar-refractivity contribution in [3.8, 4) is 11.5 Å². The second-order valence-corrected chi connectivity index (χ2v) is 4.14. The molecule has 1 saturated heterocycles. The lowest BCUT2D eigenvalue weighted by Crippen LogP contribution is -2.55. The summed E-state index contributed by atoms with van der Waals surface area (Å²) in [6, 6.07) is 2.57. The molecule has 0 aromatic heterocycles. The van der Waals surface area contributed by atoms with Crippen LogP contribution in [0.5, 0.6) is 11.5 Å². The molecular formula is C10H11ClN2O4. The van der Waals surface area contributed by atoms with Gasteiger partial charge in [0.25, 0.3) is 5.91 Å². The Kier molecular flexibility index (Phi) is 3.10. The molecule has 1 aliphatic heterocycles. The van der Waals surface area contributed by atoms with Crippen LogP contribution in [0, 0.1) is 0 Å². The summed E-state index contributed by atoms with van der Waals surface area (Å²) < 4.78 is 0. The van der Waals surface area contributed by atoms with Gasteiger partial charge in [-0.25, -0.2) is 5.90 Å². The van der Waals surface area contributed by atoms with E-state index in [4.69, 9.17) is 17.5 Å². The minimum absolute atomic E-state index is 0.137. The number of likely N-dealkylation sites (tertiary alicyclic amines) is 1. The number of carbonyl (C=O) groups excluding carboxylic acids is 1. The van der Waals surface area contributed by atoms with E-state index in [9.17, 15) is 15.0 Å². The molecule has 6 nitrogen and oxygen atoms in total. The van der Waals surface area contributed by atoms with E-state index in [0.717, 1.165) is 0 Å². The fourth-order valence-corrected chi connectivity index (χ4v) is 1.82. The molecule has 17 heavy (non-hydrogen) atoms. The number of nitrogens with zero attached hydrogens (tertiary/aromatic N) is 1. The maximum atomic E-state index is 11.9. The number of benzene rings is 1. The molecule has 4 N–H and O–H groups in total. The van der Waals surface area contributed by atoms with Gasteiger partial charge in [-0.05, 0) is 12.1 Å². The molecule has 2 rings (SSSR count). The van der Waals surface area contributed by atoms with E-state index in [0.29, 0.717) is 13.1 Å². The van der Waals surface area contributed by atoms with Gasteiger partial charge >= 0.3 is 0 Å². The van der Waals surface area contributed by atoms with Crippen molar-refractivity contribution in [3.05, 3.63) is 22.7 Å². The molecule has 0 spiro atoms. The first-order valence-electron chi connectivity index (χ1n) is 4.89. The summed E-state index contributed by atoms with van der Waals surface area (Å²) in [5.41, 5.74) is 0.137. The Hall–Kier alpha value is -1.50. The monoisotopic (exact) mass is 258 g/mol. The summed E-state index contributed by atoms with van der Waals surface area (Å²) in [5.74, 6) is 3.78. The SMILES string of the molecule is NOC1CN(C(=O)c2ccc(O)c(O)c2Cl)C1. The Morgan fingerprint density at radius 1 is 1.47 bits per heavy atom. The summed E-state index contributed by atoms with van der Waals surface area (Å²) >= 11 is 5.78. The number of nitrogens with two attached hydrogens (primary N) is 1. The quantitative estimate of drug-likeness (QED) is 0.529. The summed E-state index contributed by atoms with van der Waals surface area (Å²) in [4.78, 5) is 18.0. The highest BCUT2D eigenvalue weighted by Gasteiger charge is 2.33. The predicted molar refractivity (Wildman–Crippen MR) is 59.7 cm³/mol. The minimum Gasteiger partial charge on any atom is -0.504 e. The second kappa shape index (κ2) is 4.40. The lowest BCUT2D eigenvalue weighted by atomic mass is 10.1. The van der Waals surface area contributed by atoms with Crippen LogP contribution < -0.4 is 5.90 Å². The van der Waals surface area contributed by atoms with Crippen molar-refractivity contribution >= 4 is 17.5 Å². The highest BCUT2D eigenvalue weighted by molar-refractivity contribution is 6.35. The summed E-state index contributed by atoms with van der Waals surface area (Å²) in [6.45, 7) is 0.764. The number of aromatic hydroxyl groups is 2. The zero-order valence-electron chi connectivity index (χ0n) is 8.76. The van der Waals surface area contributed by atoms with E-state index in [-0.39, 0.29) is 28.3 Å². The normalized spacial score (nSPS) is 15.8. The smallest absolute Gasteiger partial charge is 0.255 e. The number of carbonyl (C=O) groups is 1. The molecular weight excluding hydrogens is 248 g/mol. The van der Waals surface area contributed by atoms with Gasteiger partial charge in [0, 0.05) is 0 Å². The number of hydrogen-bond acceptors (Lipinski definition) is 5. The second-order valence-electron chi connectivity index (χ2n) is 3.76. The Morgan fingerprint density at radius 3 is 2.71 bits per heavy atom. The standard InChI is InChI=1S/C10H11ClN2O4/c11-8-6(1-2-7(14)9(8)15)10(16)13-3-5(4-13)17-12/h1-2,5,14-15H,3-4,12H2. The molecule has 92 valence electrons. The van der Waals surface area contributed by atoms with Crippen LogP contribution in [0.15, 0.2) is 12.1 Å². The molecule has 0 aliphatic carbocycles. The third-order valence-corrected chi connectivity index (χ3v) is 3.04. The Labute approximate surface area is 102 Å². The van der Waals surface area contributed by atoms with Crippen molar-refractivity contribution in [1.29, 1.82) is 0 Å². The molecule has 0 unspecified atom stereocenters. The molecule has 1 amide bonds. The van der Waals surface area contributed by atoms with Gasteiger partial charge in [0.05, 0.1) is 23.7 Å². The number of rotatable bonds is 2. The topological polar surface area (TPSA) is 96.0 Å². The van der Waals surface area contributed by atoms with Crippen molar-refractivity contribution in [3.63, 3.8) is 0 Å². The highest BCUT2D eigenvalue weighted by atomic mass is 35.5. The largest absolute Gasteiger partial charge is 0.504 e. The molecule has 1 aromatic rings. The molecule has 0 saturated carbocycles. The first kappa shape index (κ1) is 12.0. The Morgan fingerprint density at radius 2 is 2.12 bits per heavy atom. The number of amides is 1. The minimum atomic E-state index is -0.496. The maximum absolute atomic E-state index is 11.9. The van der Waals surface area contributed by atoms with Crippen LogP contribution >= 0.6 is 11.6 Å². The fraction of sp³-hybridized carbons (Fsp3) is 0.300. The van der Waals surface area contributed by atoms with E-state index < -0.39 is 5.75 Å². The predicted octanol–water partition coefficient (Wildman–Crippen LogP) is 0.466. The molecule has 0 atom stereocenters. The van der Waals surface area contributed by atoms with Crippen molar-refractivity contribution < 1.29 is 19.8 Å². The van der Waals surface area contributed by atoms with Crippen molar-refractivity contribution in [2.24, 2.45) is 5.90 Å². The van der Waals surface area contributed by atoms with E-state index in [1.165, 1.54) is 17.0 Å². The third kappa shape index (κ3) is 2.02. The zero-order valence-corrected chi connectivity index (χ0v) is 9.52. The van der Waals surface area contributed by atoms with Gasteiger partial charge in [0.1, 0.15) is 6.10 Å². The molecule has 1 aliphatic rings. The van der Waals surface area contributed by atoms with Crippen molar-refractivity contribution in [2.75, 3.05) is 13.1 Å². The molecule has 1 heterocycles. The maximum Gasteiger partial charge on any atom is 0.255 e. The number of phenolic OH excluding ortho intramolecular Hbond substituents is 2. The summed E-state index contributed by atoms with van der Waals surface area (Å²) in [7, 11) is 0. The van der Waals surface area contributed by atoms with Gasteiger partial charge in [-0.2, -0.15) is 0 Å². The zero-order chi connectivity index (χ0) is 12.6. The average Bonchev–Trinajstić information content (AvgIpc) is 2.24. The molecule has 1 fully saturated rings. The average molecular weight is 259 g/mol. The van der Waals surface area contributed by atoms with Gasteiger partial charge in [0.15, 0.2) is 11.5 Å². The molecule has 7 heteroatoms. The molecule has 0 radical (unpaired) electrons. The van der Waals surface area contributed by atoms with E-state index >= 15 is 0 Å². The van der Waals surface area contributed by atoms with E-state index in [2.05, 4.69) is 4.84 Å². The van der Waals surface area contributed by atoms with Crippen LogP contribution in [0.2, 0.25) is 5.02 Å². The van der Waals surface area contributed by atoms with Gasteiger partial charge in [-0.1, -0.05) is 11.6 Å². The van der Waals surface area contributed by atoms with Crippen LogP contribution in [0.4, 0.5) is 0 Å². The Bertz CT molecular complexity index is 460.